The highest BCUT2D eigenvalue weighted by molar-refractivity contribution is 8.01. The molecule has 2 N–H and O–H groups in total. The molecule has 2 aliphatic heterocycles. The van der Waals surface area contributed by atoms with Crippen LogP contribution in [0.25, 0.3) is 0 Å². The van der Waals surface area contributed by atoms with Crippen LogP contribution in [0, 0.1) is 0 Å². The Morgan fingerprint density at radius 3 is 2.76 bits per heavy atom. The Hall–Kier alpha value is -2.67. The van der Waals surface area contributed by atoms with E-state index in [1.807, 2.05) is 36.4 Å². The smallest absolute Gasteiger partial charge is 0.251 e. The van der Waals surface area contributed by atoms with Gasteiger partial charge in [0, 0.05) is 35.9 Å². The number of amides is 2. The zero-order valence-electron chi connectivity index (χ0n) is 15.9. The number of ether oxygens (including phenoxy) is 2. The molecule has 0 bridgehead atoms. The first-order chi connectivity index (χ1) is 14.1. The maximum absolute atomic E-state index is 12.6. The van der Waals surface area contributed by atoms with Gasteiger partial charge in [0.15, 0.2) is 11.5 Å². The molecule has 2 aromatic rings. The number of anilines is 2. The molecule has 2 heterocycles. The van der Waals surface area contributed by atoms with Gasteiger partial charge in [-0.1, -0.05) is 18.6 Å². The average Bonchev–Trinajstić information content (AvgIpc) is 3.05. The fraction of sp³-hybridized carbons (Fsp3) is 0.364. The molecule has 150 valence electrons. The molecule has 1 fully saturated rings. The summed E-state index contributed by atoms with van der Waals surface area (Å²) in [6.07, 6.45) is 5.29. The van der Waals surface area contributed by atoms with Crippen molar-refractivity contribution in [3.8, 4) is 11.5 Å². The van der Waals surface area contributed by atoms with Crippen LogP contribution in [0.3, 0.4) is 0 Å². The molecule has 6 nitrogen and oxygen atoms in total. The summed E-state index contributed by atoms with van der Waals surface area (Å²) in [4.78, 5) is 25.9. The molecule has 1 aliphatic carbocycles. The van der Waals surface area contributed by atoms with E-state index >= 15 is 0 Å². The second kappa shape index (κ2) is 7.30. The second-order valence-corrected chi connectivity index (χ2v) is 8.93. The number of thioether (sulfide) groups is 1. The standard InChI is InChI=1S/C22H22N2O4S/c25-20(13-19-21(26)24-15-6-2-3-7-18(15)29-19)23-14-8-9-16-17(12-14)28-22(27-16)10-4-1-5-11-22/h2-3,6-9,12,19H,1,4-5,10-11,13H2,(H,23,25)(H,24,26)/t19-/m1/s1. The molecule has 5 rings (SSSR count). The molecule has 0 aromatic heterocycles. The van der Waals surface area contributed by atoms with Gasteiger partial charge in [-0.05, 0) is 37.1 Å². The summed E-state index contributed by atoms with van der Waals surface area (Å²) in [5, 5.41) is 5.30. The molecule has 2 amide bonds. The van der Waals surface area contributed by atoms with Crippen molar-refractivity contribution >= 4 is 35.0 Å². The Morgan fingerprint density at radius 1 is 1.10 bits per heavy atom. The first kappa shape index (κ1) is 18.4. The van der Waals surface area contributed by atoms with Crippen LogP contribution in [0.1, 0.15) is 38.5 Å². The number of benzene rings is 2. The minimum absolute atomic E-state index is 0.100. The van der Waals surface area contributed by atoms with Crippen LogP contribution in [0.2, 0.25) is 0 Å². The zero-order chi connectivity index (χ0) is 19.8. The summed E-state index contributed by atoms with van der Waals surface area (Å²) in [6, 6.07) is 13.1. The lowest BCUT2D eigenvalue weighted by Gasteiger charge is -2.31. The summed E-state index contributed by atoms with van der Waals surface area (Å²) in [6.45, 7) is 0. The van der Waals surface area contributed by atoms with Crippen molar-refractivity contribution in [1.82, 2.24) is 0 Å². The third-order valence-electron chi connectivity index (χ3n) is 5.51. The molecule has 2 aromatic carbocycles. The van der Waals surface area contributed by atoms with Crippen LogP contribution in [0.5, 0.6) is 11.5 Å². The topological polar surface area (TPSA) is 76.7 Å². The summed E-state index contributed by atoms with van der Waals surface area (Å²) in [5.41, 5.74) is 1.44. The van der Waals surface area contributed by atoms with Crippen molar-refractivity contribution in [1.29, 1.82) is 0 Å². The predicted octanol–water partition coefficient (Wildman–Crippen LogP) is 4.56. The summed E-state index contributed by atoms with van der Waals surface area (Å²) in [5.74, 6) is 0.511. The molecule has 1 atom stereocenters. The Bertz CT molecular complexity index is 971. The van der Waals surface area contributed by atoms with Gasteiger partial charge in [0.25, 0.3) is 5.79 Å². The van der Waals surface area contributed by atoms with Gasteiger partial charge >= 0.3 is 0 Å². The molecule has 1 saturated carbocycles. The van der Waals surface area contributed by atoms with Crippen molar-refractivity contribution in [2.24, 2.45) is 0 Å². The maximum atomic E-state index is 12.6. The van der Waals surface area contributed by atoms with Crippen LogP contribution in [-0.2, 0) is 9.59 Å². The molecule has 0 saturated heterocycles. The number of para-hydroxylation sites is 1. The molecule has 0 radical (unpaired) electrons. The Labute approximate surface area is 173 Å². The number of carbonyl (C=O) groups excluding carboxylic acids is 2. The number of nitrogens with one attached hydrogen (secondary N) is 2. The minimum atomic E-state index is -0.534. The highest BCUT2D eigenvalue weighted by Crippen LogP contribution is 2.46. The molecular formula is C22H22N2O4S. The van der Waals surface area contributed by atoms with Gasteiger partial charge in [-0.2, -0.15) is 0 Å². The SMILES string of the molecule is O=C(C[C@H]1Sc2ccccc2NC1=O)Nc1ccc2c(c1)OC1(CCCCC1)O2. The van der Waals surface area contributed by atoms with E-state index in [2.05, 4.69) is 10.6 Å². The van der Waals surface area contributed by atoms with Crippen LogP contribution >= 0.6 is 11.8 Å². The number of carbonyl (C=O) groups is 2. The molecule has 0 unspecified atom stereocenters. The van der Waals surface area contributed by atoms with Gasteiger partial charge < -0.3 is 20.1 Å². The van der Waals surface area contributed by atoms with E-state index in [4.69, 9.17) is 9.47 Å². The van der Waals surface area contributed by atoms with Gasteiger partial charge in [0.05, 0.1) is 10.9 Å². The lowest BCUT2D eigenvalue weighted by Crippen LogP contribution is -2.40. The first-order valence-electron chi connectivity index (χ1n) is 9.99. The fourth-order valence-electron chi connectivity index (χ4n) is 4.07. The van der Waals surface area contributed by atoms with Crippen molar-refractivity contribution in [3.63, 3.8) is 0 Å². The van der Waals surface area contributed by atoms with E-state index in [1.165, 1.54) is 18.2 Å². The van der Waals surface area contributed by atoms with Crippen LogP contribution < -0.4 is 20.1 Å². The van der Waals surface area contributed by atoms with Crippen molar-refractivity contribution in [2.75, 3.05) is 10.6 Å². The van der Waals surface area contributed by atoms with E-state index in [-0.39, 0.29) is 18.2 Å². The van der Waals surface area contributed by atoms with E-state index in [0.29, 0.717) is 11.4 Å². The van der Waals surface area contributed by atoms with Crippen molar-refractivity contribution < 1.29 is 19.1 Å². The van der Waals surface area contributed by atoms with E-state index < -0.39 is 11.0 Å². The van der Waals surface area contributed by atoms with Crippen LogP contribution in [0.15, 0.2) is 47.4 Å². The normalized spacial score (nSPS) is 21.4. The summed E-state index contributed by atoms with van der Waals surface area (Å²) >= 11 is 1.42. The first-order valence-corrected chi connectivity index (χ1v) is 10.9. The van der Waals surface area contributed by atoms with Crippen molar-refractivity contribution in [2.45, 2.75) is 54.5 Å². The third kappa shape index (κ3) is 3.67. The lowest BCUT2D eigenvalue weighted by molar-refractivity contribution is -0.120. The van der Waals surface area contributed by atoms with Gasteiger partial charge in [-0.3, -0.25) is 9.59 Å². The number of hydrogen-bond acceptors (Lipinski definition) is 5. The third-order valence-corrected chi connectivity index (χ3v) is 6.79. The average molecular weight is 410 g/mol. The van der Waals surface area contributed by atoms with Crippen LogP contribution in [0.4, 0.5) is 11.4 Å². The Morgan fingerprint density at radius 2 is 1.90 bits per heavy atom. The van der Waals surface area contributed by atoms with Crippen LogP contribution in [-0.4, -0.2) is 22.9 Å². The maximum Gasteiger partial charge on any atom is 0.251 e. The highest BCUT2D eigenvalue weighted by Gasteiger charge is 2.42. The Balaban J connectivity index is 1.23. The molecule has 7 heteroatoms. The largest absolute Gasteiger partial charge is 0.448 e. The predicted molar refractivity (Wildman–Crippen MR) is 111 cm³/mol. The second-order valence-electron chi connectivity index (χ2n) is 7.68. The number of hydrogen-bond donors (Lipinski definition) is 2. The van der Waals surface area contributed by atoms with Gasteiger partial charge in [0.2, 0.25) is 11.8 Å². The van der Waals surface area contributed by atoms with Gasteiger partial charge in [-0.25, -0.2) is 0 Å². The van der Waals surface area contributed by atoms with Crippen molar-refractivity contribution in [3.05, 3.63) is 42.5 Å². The molecule has 3 aliphatic rings. The van der Waals surface area contributed by atoms with E-state index in [0.717, 1.165) is 42.0 Å². The molecular weight excluding hydrogens is 388 g/mol. The monoisotopic (exact) mass is 410 g/mol. The lowest BCUT2D eigenvalue weighted by atomic mass is 9.94. The van der Waals surface area contributed by atoms with E-state index in [1.54, 1.807) is 6.07 Å². The Kier molecular flexibility index (Phi) is 4.62. The number of rotatable bonds is 3. The zero-order valence-corrected chi connectivity index (χ0v) is 16.7. The van der Waals surface area contributed by atoms with E-state index in [9.17, 15) is 9.59 Å². The number of fused-ring (bicyclic) bond motifs is 2. The highest BCUT2D eigenvalue weighted by atomic mass is 32.2. The van der Waals surface area contributed by atoms with Gasteiger partial charge in [-0.15, -0.1) is 11.8 Å². The van der Waals surface area contributed by atoms with Gasteiger partial charge in [0.1, 0.15) is 0 Å². The molecule has 1 spiro atoms. The fourth-order valence-corrected chi connectivity index (χ4v) is 5.18. The quantitative estimate of drug-likeness (QED) is 0.776. The minimum Gasteiger partial charge on any atom is -0.448 e. The molecule has 29 heavy (non-hydrogen) atoms. The summed E-state index contributed by atoms with van der Waals surface area (Å²) < 4.78 is 12.2. The summed E-state index contributed by atoms with van der Waals surface area (Å²) in [7, 11) is 0.